The third kappa shape index (κ3) is 5.15. The van der Waals surface area contributed by atoms with Gasteiger partial charge < -0.3 is 20.1 Å². The van der Waals surface area contributed by atoms with Crippen LogP contribution in [0, 0.1) is 0 Å². The normalized spacial score (nSPS) is 12.8. The fourth-order valence-corrected chi connectivity index (χ4v) is 2.81. The number of carbonyl (C=O) groups excluding carboxylic acids is 1. The van der Waals surface area contributed by atoms with Crippen LogP contribution in [0.2, 0.25) is 0 Å². The number of methoxy groups -OCH3 is 2. The van der Waals surface area contributed by atoms with Gasteiger partial charge >= 0.3 is 0 Å². The summed E-state index contributed by atoms with van der Waals surface area (Å²) in [4.78, 5) is 12.7. The van der Waals surface area contributed by atoms with Crippen LogP contribution in [0.1, 0.15) is 38.3 Å². The zero-order valence-electron chi connectivity index (χ0n) is 15.9. The van der Waals surface area contributed by atoms with Crippen molar-refractivity contribution >= 4 is 11.6 Å². The quantitative estimate of drug-likeness (QED) is 0.708. The number of benzene rings is 2. The SMILES string of the molecule is CCC[C@H](NC(=O)[C@H](C)Nc1ccc(OC)cc1OC)c1ccccc1. The molecule has 0 radical (unpaired) electrons. The molecule has 0 spiro atoms. The fourth-order valence-electron chi connectivity index (χ4n) is 2.81. The van der Waals surface area contributed by atoms with E-state index in [1.54, 1.807) is 20.3 Å². The number of hydrogen-bond donors (Lipinski definition) is 2. The summed E-state index contributed by atoms with van der Waals surface area (Å²) >= 11 is 0. The number of rotatable bonds is 9. The maximum atomic E-state index is 12.7. The summed E-state index contributed by atoms with van der Waals surface area (Å²) in [5, 5.41) is 6.37. The molecule has 0 aliphatic heterocycles. The summed E-state index contributed by atoms with van der Waals surface area (Å²) in [5.41, 5.74) is 1.87. The van der Waals surface area contributed by atoms with Crippen molar-refractivity contribution in [2.75, 3.05) is 19.5 Å². The Bertz CT molecular complexity index is 704. The van der Waals surface area contributed by atoms with Gasteiger partial charge in [-0.15, -0.1) is 0 Å². The summed E-state index contributed by atoms with van der Waals surface area (Å²) in [6.45, 7) is 3.96. The highest BCUT2D eigenvalue weighted by atomic mass is 16.5. The van der Waals surface area contributed by atoms with Gasteiger partial charge in [0.15, 0.2) is 0 Å². The molecule has 0 saturated heterocycles. The van der Waals surface area contributed by atoms with Crippen molar-refractivity contribution in [3.8, 4) is 11.5 Å². The molecule has 0 heterocycles. The van der Waals surface area contributed by atoms with Gasteiger partial charge in [-0.1, -0.05) is 43.7 Å². The Morgan fingerprint density at radius 1 is 1.08 bits per heavy atom. The molecule has 5 heteroatoms. The second-order valence-electron chi connectivity index (χ2n) is 6.19. The number of carbonyl (C=O) groups is 1. The third-order valence-corrected chi connectivity index (χ3v) is 4.27. The Hall–Kier alpha value is -2.69. The molecule has 2 aromatic rings. The molecule has 2 N–H and O–H groups in total. The Labute approximate surface area is 155 Å². The van der Waals surface area contributed by atoms with E-state index in [-0.39, 0.29) is 11.9 Å². The Morgan fingerprint density at radius 3 is 2.42 bits per heavy atom. The first-order chi connectivity index (χ1) is 12.6. The van der Waals surface area contributed by atoms with Crippen molar-refractivity contribution in [1.29, 1.82) is 0 Å². The standard InChI is InChI=1S/C21H28N2O3/c1-5-9-18(16-10-7-6-8-11-16)23-21(24)15(2)22-19-13-12-17(25-3)14-20(19)26-4/h6-8,10-15,18,22H,5,9H2,1-4H3,(H,23,24)/t15-,18-/m0/s1. The lowest BCUT2D eigenvalue weighted by atomic mass is 10.0. The topological polar surface area (TPSA) is 59.6 Å². The summed E-state index contributed by atoms with van der Waals surface area (Å²) in [6, 6.07) is 15.1. The predicted octanol–water partition coefficient (Wildman–Crippen LogP) is 4.16. The monoisotopic (exact) mass is 356 g/mol. The van der Waals surface area contributed by atoms with Gasteiger partial charge in [0.25, 0.3) is 0 Å². The van der Waals surface area contributed by atoms with Gasteiger partial charge in [0.05, 0.1) is 25.9 Å². The van der Waals surface area contributed by atoms with E-state index in [9.17, 15) is 4.79 Å². The van der Waals surface area contributed by atoms with Crippen molar-refractivity contribution in [2.45, 2.75) is 38.8 Å². The molecule has 140 valence electrons. The minimum atomic E-state index is -0.402. The van der Waals surface area contributed by atoms with Crippen LogP contribution in [0.15, 0.2) is 48.5 Å². The molecule has 0 aliphatic rings. The van der Waals surface area contributed by atoms with Gasteiger partial charge in [-0.25, -0.2) is 0 Å². The van der Waals surface area contributed by atoms with Gasteiger partial charge in [-0.05, 0) is 31.0 Å². The van der Waals surface area contributed by atoms with Crippen LogP contribution in [-0.2, 0) is 4.79 Å². The lowest BCUT2D eigenvalue weighted by molar-refractivity contribution is -0.122. The van der Waals surface area contributed by atoms with Crippen LogP contribution in [0.4, 0.5) is 5.69 Å². The minimum Gasteiger partial charge on any atom is -0.497 e. The lowest BCUT2D eigenvalue weighted by Crippen LogP contribution is -2.39. The highest BCUT2D eigenvalue weighted by Gasteiger charge is 2.19. The average molecular weight is 356 g/mol. The zero-order valence-corrected chi connectivity index (χ0v) is 15.9. The Kier molecular flexibility index (Phi) is 7.33. The molecule has 0 unspecified atom stereocenters. The maximum Gasteiger partial charge on any atom is 0.242 e. The van der Waals surface area contributed by atoms with E-state index >= 15 is 0 Å². The number of ether oxygens (including phenoxy) is 2. The van der Waals surface area contributed by atoms with E-state index in [2.05, 4.69) is 17.6 Å². The van der Waals surface area contributed by atoms with Crippen molar-refractivity contribution < 1.29 is 14.3 Å². The molecular formula is C21H28N2O3. The Balaban J connectivity index is 2.06. The third-order valence-electron chi connectivity index (χ3n) is 4.27. The van der Waals surface area contributed by atoms with E-state index in [4.69, 9.17) is 9.47 Å². The highest BCUT2D eigenvalue weighted by Crippen LogP contribution is 2.29. The minimum absolute atomic E-state index is 0.00992. The number of hydrogen-bond acceptors (Lipinski definition) is 4. The maximum absolute atomic E-state index is 12.7. The van der Waals surface area contributed by atoms with Crippen LogP contribution < -0.4 is 20.1 Å². The van der Waals surface area contributed by atoms with Crippen molar-refractivity contribution in [1.82, 2.24) is 5.32 Å². The molecule has 0 saturated carbocycles. The van der Waals surface area contributed by atoms with E-state index in [1.165, 1.54) is 0 Å². The van der Waals surface area contributed by atoms with Crippen LogP contribution in [0.25, 0.3) is 0 Å². The van der Waals surface area contributed by atoms with Crippen molar-refractivity contribution in [3.63, 3.8) is 0 Å². The van der Waals surface area contributed by atoms with Crippen LogP contribution in [0.5, 0.6) is 11.5 Å². The molecule has 26 heavy (non-hydrogen) atoms. The van der Waals surface area contributed by atoms with Gasteiger partial charge in [0, 0.05) is 6.07 Å². The fraction of sp³-hybridized carbons (Fsp3) is 0.381. The second-order valence-corrected chi connectivity index (χ2v) is 6.19. The van der Waals surface area contributed by atoms with Crippen molar-refractivity contribution in [2.24, 2.45) is 0 Å². The molecule has 0 aliphatic carbocycles. The van der Waals surface area contributed by atoms with Crippen LogP contribution >= 0.6 is 0 Å². The molecule has 0 fully saturated rings. The second kappa shape index (κ2) is 9.70. The molecule has 2 atom stereocenters. The number of nitrogens with one attached hydrogen (secondary N) is 2. The molecule has 1 amide bonds. The average Bonchev–Trinajstić information content (AvgIpc) is 2.68. The first kappa shape index (κ1) is 19.6. The van der Waals surface area contributed by atoms with E-state index in [0.29, 0.717) is 11.5 Å². The molecule has 0 aromatic heterocycles. The van der Waals surface area contributed by atoms with Gasteiger partial charge in [-0.2, -0.15) is 0 Å². The highest BCUT2D eigenvalue weighted by molar-refractivity contribution is 5.85. The van der Waals surface area contributed by atoms with Crippen molar-refractivity contribution in [3.05, 3.63) is 54.1 Å². The van der Waals surface area contributed by atoms with Crippen LogP contribution in [-0.4, -0.2) is 26.2 Å². The zero-order chi connectivity index (χ0) is 18.9. The van der Waals surface area contributed by atoms with E-state index < -0.39 is 6.04 Å². The van der Waals surface area contributed by atoms with Gasteiger partial charge in [-0.3, -0.25) is 4.79 Å². The van der Waals surface area contributed by atoms with E-state index in [0.717, 1.165) is 24.1 Å². The lowest BCUT2D eigenvalue weighted by Gasteiger charge is -2.23. The largest absolute Gasteiger partial charge is 0.497 e. The first-order valence-electron chi connectivity index (χ1n) is 8.92. The number of anilines is 1. The molecule has 2 rings (SSSR count). The summed E-state index contributed by atoms with van der Waals surface area (Å²) in [7, 11) is 3.20. The molecule has 5 nitrogen and oxygen atoms in total. The number of amides is 1. The molecular weight excluding hydrogens is 328 g/mol. The predicted molar refractivity (Wildman–Crippen MR) is 105 cm³/mol. The molecule has 0 bridgehead atoms. The summed E-state index contributed by atoms with van der Waals surface area (Å²) in [6.07, 6.45) is 1.89. The van der Waals surface area contributed by atoms with Gasteiger partial charge in [0.2, 0.25) is 5.91 Å². The smallest absolute Gasteiger partial charge is 0.242 e. The summed E-state index contributed by atoms with van der Waals surface area (Å²) < 4.78 is 10.6. The van der Waals surface area contributed by atoms with E-state index in [1.807, 2.05) is 49.4 Å². The first-order valence-corrected chi connectivity index (χ1v) is 8.92. The summed E-state index contributed by atoms with van der Waals surface area (Å²) in [5.74, 6) is 1.29. The Morgan fingerprint density at radius 2 is 1.81 bits per heavy atom. The van der Waals surface area contributed by atoms with Gasteiger partial charge in [0.1, 0.15) is 17.5 Å². The van der Waals surface area contributed by atoms with Crippen LogP contribution in [0.3, 0.4) is 0 Å². The molecule has 2 aromatic carbocycles.